The molecule has 0 bridgehead atoms. The van der Waals surface area contributed by atoms with Gasteiger partial charge in [0.05, 0.1) is 11.4 Å². The highest BCUT2D eigenvalue weighted by molar-refractivity contribution is 7.89. The Labute approximate surface area is 145 Å². The Morgan fingerprint density at radius 1 is 1.29 bits per heavy atom. The number of hydrogen-bond acceptors (Lipinski definition) is 5. The summed E-state index contributed by atoms with van der Waals surface area (Å²) < 4.78 is 38.3. The van der Waals surface area contributed by atoms with Gasteiger partial charge in [-0.25, -0.2) is 22.1 Å². The van der Waals surface area contributed by atoms with E-state index in [0.29, 0.717) is 13.1 Å². The zero-order chi connectivity index (χ0) is 17.2. The zero-order valence-electron chi connectivity index (χ0n) is 13.4. The summed E-state index contributed by atoms with van der Waals surface area (Å²) in [7, 11) is -3.09. The molecule has 1 aromatic carbocycles. The third-order valence-electron chi connectivity index (χ3n) is 4.18. The van der Waals surface area contributed by atoms with Crippen molar-refractivity contribution in [1.82, 2.24) is 9.29 Å². The minimum Gasteiger partial charge on any atom is -0.359 e. The number of nitrogens with one attached hydrogen (secondary N) is 1. The molecular formula is C16H20FN3O2S2. The quantitative estimate of drug-likeness (QED) is 0.879. The van der Waals surface area contributed by atoms with Crippen molar-refractivity contribution in [1.29, 1.82) is 0 Å². The van der Waals surface area contributed by atoms with E-state index in [4.69, 9.17) is 0 Å². The van der Waals surface area contributed by atoms with Gasteiger partial charge in [0.1, 0.15) is 5.82 Å². The summed E-state index contributed by atoms with van der Waals surface area (Å²) in [6.45, 7) is 2.76. The molecular weight excluding hydrogens is 349 g/mol. The van der Waals surface area contributed by atoms with Gasteiger partial charge in [-0.1, -0.05) is 0 Å². The molecule has 0 amide bonds. The highest BCUT2D eigenvalue weighted by Gasteiger charge is 2.26. The van der Waals surface area contributed by atoms with Crippen molar-refractivity contribution < 1.29 is 12.8 Å². The second-order valence-electron chi connectivity index (χ2n) is 5.76. The van der Waals surface area contributed by atoms with Crippen LogP contribution >= 0.6 is 11.3 Å². The number of hydrogen-bond donors (Lipinski definition) is 1. The van der Waals surface area contributed by atoms with E-state index in [1.807, 2.05) is 5.38 Å². The zero-order valence-corrected chi connectivity index (χ0v) is 15.0. The van der Waals surface area contributed by atoms with Gasteiger partial charge in [0.25, 0.3) is 0 Å². The highest BCUT2D eigenvalue weighted by Crippen LogP contribution is 2.27. The lowest BCUT2D eigenvalue weighted by atomic mass is 10.1. The van der Waals surface area contributed by atoms with Gasteiger partial charge in [-0.05, 0) is 44.0 Å². The van der Waals surface area contributed by atoms with Crippen molar-refractivity contribution >= 4 is 26.5 Å². The van der Waals surface area contributed by atoms with Crippen LogP contribution in [0.25, 0.3) is 11.3 Å². The molecule has 1 aliphatic heterocycles. The molecule has 0 radical (unpaired) electrons. The molecule has 2 heterocycles. The van der Waals surface area contributed by atoms with Gasteiger partial charge in [0.15, 0.2) is 5.13 Å². The molecule has 1 aliphatic rings. The standard InChI is InChI=1S/C16H20FN3O2S2/c1-2-24(21,22)20-9-7-14(8-10-20)18-16-19-15(11-23-16)12-3-5-13(17)6-4-12/h3-6,11,14H,2,7-10H2,1H3,(H,18,19). The number of piperidine rings is 1. The van der Waals surface area contributed by atoms with Crippen LogP contribution in [0.15, 0.2) is 29.6 Å². The van der Waals surface area contributed by atoms with Gasteiger partial charge < -0.3 is 5.32 Å². The van der Waals surface area contributed by atoms with E-state index in [1.54, 1.807) is 23.4 Å². The average Bonchev–Trinajstić information content (AvgIpc) is 3.04. The maximum Gasteiger partial charge on any atom is 0.213 e. The summed E-state index contributed by atoms with van der Waals surface area (Å²) in [5, 5.41) is 6.13. The first kappa shape index (κ1) is 17.3. The maximum absolute atomic E-state index is 13.0. The van der Waals surface area contributed by atoms with Crippen LogP contribution in [0, 0.1) is 5.82 Å². The number of anilines is 1. The Morgan fingerprint density at radius 2 is 1.96 bits per heavy atom. The third kappa shape index (κ3) is 3.93. The van der Waals surface area contributed by atoms with Crippen molar-refractivity contribution in [2.75, 3.05) is 24.2 Å². The molecule has 3 rings (SSSR count). The molecule has 0 spiro atoms. The van der Waals surface area contributed by atoms with Gasteiger partial charge in [-0.2, -0.15) is 0 Å². The molecule has 0 unspecified atom stereocenters. The fraction of sp³-hybridized carbons (Fsp3) is 0.438. The van der Waals surface area contributed by atoms with Crippen LogP contribution < -0.4 is 5.32 Å². The lowest BCUT2D eigenvalue weighted by molar-refractivity contribution is 0.330. The predicted molar refractivity (Wildman–Crippen MR) is 95.2 cm³/mol. The van der Waals surface area contributed by atoms with Crippen molar-refractivity contribution in [3.63, 3.8) is 0 Å². The molecule has 24 heavy (non-hydrogen) atoms. The minimum atomic E-state index is -3.09. The molecule has 130 valence electrons. The summed E-state index contributed by atoms with van der Waals surface area (Å²) in [6.07, 6.45) is 1.54. The SMILES string of the molecule is CCS(=O)(=O)N1CCC(Nc2nc(-c3ccc(F)cc3)cs2)CC1. The Bertz CT molecular complexity index is 782. The average molecular weight is 369 g/mol. The Kier molecular flexibility index (Phi) is 5.17. The predicted octanol–water partition coefficient (Wildman–Crippen LogP) is 3.18. The van der Waals surface area contributed by atoms with E-state index in [9.17, 15) is 12.8 Å². The molecule has 0 atom stereocenters. The van der Waals surface area contributed by atoms with E-state index < -0.39 is 10.0 Å². The second-order valence-corrected chi connectivity index (χ2v) is 8.88. The Morgan fingerprint density at radius 3 is 2.58 bits per heavy atom. The molecule has 8 heteroatoms. The molecule has 0 aliphatic carbocycles. The molecule has 1 aromatic heterocycles. The van der Waals surface area contributed by atoms with Crippen LogP contribution in [-0.2, 0) is 10.0 Å². The lowest BCUT2D eigenvalue weighted by Gasteiger charge is -2.31. The lowest BCUT2D eigenvalue weighted by Crippen LogP contribution is -2.42. The van der Waals surface area contributed by atoms with Gasteiger partial charge in [0, 0.05) is 30.1 Å². The topological polar surface area (TPSA) is 62.3 Å². The number of halogens is 1. The van der Waals surface area contributed by atoms with E-state index >= 15 is 0 Å². The molecule has 1 N–H and O–H groups in total. The van der Waals surface area contributed by atoms with Gasteiger partial charge in [0.2, 0.25) is 10.0 Å². The van der Waals surface area contributed by atoms with Crippen LogP contribution in [0.4, 0.5) is 9.52 Å². The first-order valence-electron chi connectivity index (χ1n) is 7.94. The second kappa shape index (κ2) is 7.16. The van der Waals surface area contributed by atoms with E-state index in [0.717, 1.165) is 29.2 Å². The van der Waals surface area contributed by atoms with Crippen LogP contribution in [0.5, 0.6) is 0 Å². The van der Waals surface area contributed by atoms with Crippen LogP contribution in [-0.4, -0.2) is 42.6 Å². The summed E-state index contributed by atoms with van der Waals surface area (Å²) in [6, 6.07) is 6.49. The van der Waals surface area contributed by atoms with Crippen LogP contribution in [0.1, 0.15) is 19.8 Å². The van der Waals surface area contributed by atoms with Gasteiger partial charge >= 0.3 is 0 Å². The summed E-state index contributed by atoms with van der Waals surface area (Å²) in [4.78, 5) is 4.54. The summed E-state index contributed by atoms with van der Waals surface area (Å²) >= 11 is 1.51. The number of sulfonamides is 1. The summed E-state index contributed by atoms with van der Waals surface area (Å²) in [5.74, 6) is -0.111. The van der Waals surface area contributed by atoms with Gasteiger partial charge in [-0.15, -0.1) is 11.3 Å². The normalized spacial score (nSPS) is 17.1. The van der Waals surface area contributed by atoms with Gasteiger partial charge in [-0.3, -0.25) is 0 Å². The molecule has 1 saturated heterocycles. The maximum atomic E-state index is 13.0. The first-order valence-corrected chi connectivity index (χ1v) is 10.4. The summed E-state index contributed by atoms with van der Waals surface area (Å²) in [5.41, 5.74) is 1.69. The molecule has 1 fully saturated rings. The molecule has 5 nitrogen and oxygen atoms in total. The largest absolute Gasteiger partial charge is 0.359 e. The smallest absolute Gasteiger partial charge is 0.213 e. The Hall–Kier alpha value is -1.51. The number of benzene rings is 1. The fourth-order valence-corrected chi connectivity index (χ4v) is 4.66. The minimum absolute atomic E-state index is 0.151. The Balaban J connectivity index is 1.59. The van der Waals surface area contributed by atoms with E-state index in [1.165, 1.54) is 23.5 Å². The van der Waals surface area contributed by atoms with Crippen molar-refractivity contribution in [3.05, 3.63) is 35.5 Å². The number of nitrogens with zero attached hydrogens (tertiary/aromatic N) is 2. The van der Waals surface area contributed by atoms with E-state index in [2.05, 4.69) is 10.3 Å². The molecule has 2 aromatic rings. The highest BCUT2D eigenvalue weighted by atomic mass is 32.2. The van der Waals surface area contributed by atoms with Crippen molar-refractivity contribution in [2.45, 2.75) is 25.8 Å². The molecule has 0 saturated carbocycles. The number of aromatic nitrogens is 1. The van der Waals surface area contributed by atoms with Crippen LogP contribution in [0.2, 0.25) is 0 Å². The third-order valence-corrected chi connectivity index (χ3v) is 6.84. The fourth-order valence-electron chi connectivity index (χ4n) is 2.73. The number of rotatable bonds is 5. The van der Waals surface area contributed by atoms with Crippen LogP contribution in [0.3, 0.4) is 0 Å². The van der Waals surface area contributed by atoms with Crippen molar-refractivity contribution in [3.8, 4) is 11.3 Å². The van der Waals surface area contributed by atoms with Crippen molar-refractivity contribution in [2.24, 2.45) is 0 Å². The first-order chi connectivity index (χ1) is 11.5. The number of thiazole rings is 1. The monoisotopic (exact) mass is 369 g/mol. The van der Waals surface area contributed by atoms with E-state index in [-0.39, 0.29) is 17.6 Å².